The summed E-state index contributed by atoms with van der Waals surface area (Å²) in [5.74, 6) is 0.169. The zero-order valence-electron chi connectivity index (χ0n) is 27.8. The van der Waals surface area contributed by atoms with Gasteiger partial charge in [-0.05, 0) is 66.6 Å². The Morgan fingerprint density at radius 1 is 1.31 bits per heavy atom. The summed E-state index contributed by atoms with van der Waals surface area (Å²) < 4.78 is 38.9. The highest BCUT2D eigenvalue weighted by atomic mass is 31.2. The van der Waals surface area contributed by atoms with Gasteiger partial charge in [0.2, 0.25) is 5.95 Å². The molecule has 3 heterocycles. The number of imidazole rings is 1. The molecule has 42 heavy (non-hydrogen) atoms. The predicted molar refractivity (Wildman–Crippen MR) is 168 cm³/mol. The van der Waals surface area contributed by atoms with Gasteiger partial charge in [0, 0.05) is 19.2 Å². The van der Waals surface area contributed by atoms with Crippen molar-refractivity contribution in [3.8, 4) is 6.07 Å². The molecule has 2 unspecified atom stereocenters. The molecule has 0 aliphatic carbocycles. The number of nitrogens with one attached hydrogen (secondary N) is 1. The van der Waals surface area contributed by atoms with Crippen LogP contribution in [0.5, 0.6) is 0 Å². The highest BCUT2D eigenvalue weighted by Crippen LogP contribution is 2.51. The van der Waals surface area contributed by atoms with Crippen molar-refractivity contribution < 1.29 is 19.6 Å². The van der Waals surface area contributed by atoms with Crippen molar-refractivity contribution in [2.45, 2.75) is 130 Å². The Bertz CT molecular complexity index is 1360. The van der Waals surface area contributed by atoms with Crippen molar-refractivity contribution in [2.24, 2.45) is 4.99 Å². The van der Waals surface area contributed by atoms with Crippen LogP contribution in [0.3, 0.4) is 0 Å². The largest absolute Gasteiger partial charge is 0.407 e. The summed E-state index contributed by atoms with van der Waals surface area (Å²) >= 11 is 0. The van der Waals surface area contributed by atoms with Gasteiger partial charge in [0.1, 0.15) is 12.2 Å². The Hall–Kier alpha value is -2.04. The van der Waals surface area contributed by atoms with E-state index in [-0.39, 0.29) is 48.5 Å². The summed E-state index contributed by atoms with van der Waals surface area (Å²) in [6.45, 7) is 22.8. The molecule has 0 bridgehead atoms. The number of hydrogen-bond donors (Lipinski definition) is 1. The van der Waals surface area contributed by atoms with Gasteiger partial charge in [-0.3, -0.25) is 14.3 Å². The van der Waals surface area contributed by atoms with Crippen LogP contribution in [0.1, 0.15) is 83.2 Å². The molecule has 0 radical (unpaired) electrons. The summed E-state index contributed by atoms with van der Waals surface area (Å²) in [5, 5.41) is 9.04. The van der Waals surface area contributed by atoms with E-state index in [9.17, 15) is 10.1 Å². The molecule has 1 saturated heterocycles. The molecule has 1 aliphatic heterocycles. The number of aromatic amines is 1. The first-order valence-corrected chi connectivity index (χ1v) is 18.4. The maximum absolute atomic E-state index is 12.9. The third kappa shape index (κ3) is 7.72. The van der Waals surface area contributed by atoms with Gasteiger partial charge in [0.25, 0.3) is 14.1 Å². The molecule has 1 fully saturated rings. The van der Waals surface area contributed by atoms with E-state index in [0.29, 0.717) is 5.65 Å². The van der Waals surface area contributed by atoms with Gasteiger partial charge in [-0.2, -0.15) is 10.2 Å². The maximum Gasteiger partial charge on any atom is 0.280 e. The van der Waals surface area contributed by atoms with Crippen LogP contribution in [-0.4, -0.2) is 75.2 Å². The SMILES string of the molecule is [2H]C[C@H]1O[C@@H](n2cnc3c(=O)[nH]c(N=C(C)C)nc32)[C@@H](O[Si](C)(C)C(C)(C)C)C1OP(OCCC#N)N(C(C)C)C(C)C. The fraction of sp³-hybridized carbons (Fsp3) is 0.750. The Morgan fingerprint density at radius 2 is 1.98 bits per heavy atom. The fourth-order valence-corrected chi connectivity index (χ4v) is 7.52. The van der Waals surface area contributed by atoms with Crippen LogP contribution in [0.15, 0.2) is 16.1 Å². The van der Waals surface area contributed by atoms with Crippen molar-refractivity contribution in [3.05, 3.63) is 16.7 Å². The number of aromatic nitrogens is 4. The molecule has 14 heteroatoms. The van der Waals surface area contributed by atoms with E-state index >= 15 is 0 Å². The van der Waals surface area contributed by atoms with Crippen molar-refractivity contribution in [3.63, 3.8) is 0 Å². The van der Waals surface area contributed by atoms with Crippen molar-refractivity contribution in [1.29, 1.82) is 5.26 Å². The Labute approximate surface area is 253 Å². The smallest absolute Gasteiger partial charge is 0.280 e. The van der Waals surface area contributed by atoms with E-state index in [4.69, 9.17) is 19.6 Å². The quantitative estimate of drug-likeness (QED) is 0.127. The molecule has 1 aliphatic rings. The van der Waals surface area contributed by atoms with E-state index in [1.54, 1.807) is 4.57 Å². The lowest BCUT2D eigenvalue weighted by atomic mass is 10.1. The Balaban J connectivity index is 2.17. The minimum absolute atomic E-state index is 0.0888. The molecule has 2 aromatic rings. The van der Waals surface area contributed by atoms with E-state index < -0.39 is 46.9 Å². The zero-order chi connectivity index (χ0) is 32.3. The van der Waals surface area contributed by atoms with Gasteiger partial charge in [-0.15, -0.1) is 0 Å². The number of ether oxygens (including phenoxy) is 1. The topological polar surface area (TPSA) is 140 Å². The molecule has 0 aromatic carbocycles. The molecular weight excluding hydrogens is 573 g/mol. The lowest BCUT2D eigenvalue weighted by molar-refractivity contribution is -0.0260. The van der Waals surface area contributed by atoms with Gasteiger partial charge in [0.05, 0.1) is 31.5 Å². The molecule has 0 amide bonds. The molecule has 1 N–H and O–H groups in total. The molecule has 5 atom stereocenters. The van der Waals surface area contributed by atoms with Crippen molar-refractivity contribution in [2.75, 3.05) is 6.61 Å². The number of nitriles is 1. The highest BCUT2D eigenvalue weighted by molar-refractivity contribution is 7.44. The average Bonchev–Trinajstić information content (AvgIpc) is 3.43. The number of nitrogens with zero attached hydrogens (tertiary/aromatic N) is 6. The van der Waals surface area contributed by atoms with Crippen LogP contribution >= 0.6 is 8.53 Å². The van der Waals surface area contributed by atoms with Crippen molar-refractivity contribution in [1.82, 2.24) is 24.2 Å². The third-order valence-corrected chi connectivity index (χ3v) is 14.0. The second-order valence-electron chi connectivity index (χ2n) is 12.8. The monoisotopic (exact) mass is 622 g/mol. The molecule has 3 rings (SSSR count). The van der Waals surface area contributed by atoms with Crippen LogP contribution in [0.4, 0.5) is 5.95 Å². The zero-order valence-corrected chi connectivity index (χ0v) is 28.7. The second-order valence-corrected chi connectivity index (χ2v) is 19.0. The summed E-state index contributed by atoms with van der Waals surface area (Å²) in [6.07, 6.45) is -1.04. The molecule has 0 spiro atoms. The first-order chi connectivity index (χ1) is 20.0. The van der Waals surface area contributed by atoms with Crippen molar-refractivity contribution >= 4 is 39.7 Å². The second kappa shape index (κ2) is 13.7. The van der Waals surface area contributed by atoms with E-state index in [1.807, 2.05) is 13.8 Å². The van der Waals surface area contributed by atoms with Crippen LogP contribution in [-0.2, 0) is 18.2 Å². The standard InChI is InChI=1S/C28H48N7O5PSi/c1-17(2)31-27-32-24-21(25(36)33-27)30-16-34(24)26-23(40-42(11,12)28(8,9)10)22(20(7)38-26)39-41(37-15-13-14-29)35(18(3)4)19(5)6/h16,18-20,22-23,26H,13,15H2,1-12H3,(H,32,33,36)/t20-,22?,23+,26-,41?/m1/s1/i7D. The molecular formula is C28H48N7O5PSi. The van der Waals surface area contributed by atoms with E-state index in [0.717, 1.165) is 5.71 Å². The molecule has 12 nitrogen and oxygen atoms in total. The van der Waals surface area contributed by atoms with Gasteiger partial charge >= 0.3 is 0 Å². The first kappa shape index (κ1) is 32.9. The van der Waals surface area contributed by atoms with Gasteiger partial charge in [0.15, 0.2) is 25.7 Å². The van der Waals surface area contributed by atoms with Crippen LogP contribution in [0, 0.1) is 11.3 Å². The maximum atomic E-state index is 12.9. The Kier molecular flexibility index (Phi) is 10.7. The summed E-state index contributed by atoms with van der Waals surface area (Å²) in [5.41, 5.74) is 0.784. The fourth-order valence-electron chi connectivity index (χ4n) is 4.47. The molecule has 2 aromatic heterocycles. The van der Waals surface area contributed by atoms with Crippen LogP contribution in [0.2, 0.25) is 18.1 Å². The normalized spacial score (nSPS) is 22.6. The number of rotatable bonds is 12. The number of aliphatic imine (C=N–C) groups is 1. The van der Waals surface area contributed by atoms with Gasteiger partial charge in [-0.1, -0.05) is 20.8 Å². The summed E-state index contributed by atoms with van der Waals surface area (Å²) in [4.78, 5) is 28.9. The van der Waals surface area contributed by atoms with E-state index in [1.165, 1.54) is 6.33 Å². The van der Waals surface area contributed by atoms with Gasteiger partial charge < -0.3 is 18.2 Å². The highest BCUT2D eigenvalue weighted by Gasteiger charge is 2.52. The summed E-state index contributed by atoms with van der Waals surface area (Å²) in [6, 6.07) is 2.32. The molecule has 234 valence electrons. The minimum Gasteiger partial charge on any atom is -0.407 e. The lowest BCUT2D eigenvalue weighted by Crippen LogP contribution is -2.49. The lowest BCUT2D eigenvalue weighted by Gasteiger charge is -2.42. The Morgan fingerprint density at radius 3 is 2.52 bits per heavy atom. The first-order valence-electron chi connectivity index (χ1n) is 15.1. The molecule has 0 saturated carbocycles. The summed E-state index contributed by atoms with van der Waals surface area (Å²) in [7, 11) is -4.07. The predicted octanol–water partition coefficient (Wildman–Crippen LogP) is 6.20. The minimum atomic E-state index is -2.43. The third-order valence-electron chi connectivity index (χ3n) is 7.42. The van der Waals surface area contributed by atoms with E-state index in [2.05, 4.69) is 92.2 Å². The van der Waals surface area contributed by atoms with Gasteiger partial charge in [-0.25, -0.2) is 14.6 Å². The number of fused-ring (bicyclic) bond motifs is 1. The average molecular weight is 623 g/mol. The van der Waals surface area contributed by atoms with Crippen LogP contribution in [0.25, 0.3) is 11.2 Å². The number of H-pyrrole nitrogens is 1. The van der Waals surface area contributed by atoms with Crippen LogP contribution < -0.4 is 5.56 Å². The number of hydrogen-bond acceptors (Lipinski definition) is 10.